The summed E-state index contributed by atoms with van der Waals surface area (Å²) in [4.78, 5) is 6.66. The summed E-state index contributed by atoms with van der Waals surface area (Å²) in [7, 11) is 3.81. The summed E-state index contributed by atoms with van der Waals surface area (Å²) >= 11 is 0. The zero-order chi connectivity index (χ0) is 20.1. The van der Waals surface area contributed by atoms with Crippen LogP contribution in [0.25, 0.3) is 5.65 Å². The molecule has 0 fully saturated rings. The van der Waals surface area contributed by atoms with E-state index in [1.807, 2.05) is 52.0 Å². The van der Waals surface area contributed by atoms with Gasteiger partial charge in [0.1, 0.15) is 17.5 Å². The summed E-state index contributed by atoms with van der Waals surface area (Å²) in [5, 5.41) is 18.4. The second-order valence-corrected chi connectivity index (χ2v) is 6.11. The number of fused-ring (bicyclic) bond motifs is 1. The van der Waals surface area contributed by atoms with E-state index in [9.17, 15) is 5.26 Å². The molecule has 0 amide bonds. The monoisotopic (exact) mass is 368 g/mol. The summed E-state index contributed by atoms with van der Waals surface area (Å²) < 4.78 is 3.35. The molecule has 8 heteroatoms. The lowest BCUT2D eigenvalue weighted by atomic mass is 10.2. The summed E-state index contributed by atoms with van der Waals surface area (Å²) in [6.07, 6.45) is 3.49. The molecule has 8 nitrogen and oxygen atoms in total. The molecule has 0 radical (unpaired) electrons. The Kier molecular flexibility index (Phi) is 6.40. The van der Waals surface area contributed by atoms with E-state index < -0.39 is 0 Å². The Morgan fingerprint density at radius 1 is 1.30 bits per heavy atom. The quantitative estimate of drug-likeness (QED) is 0.742. The first-order valence-corrected chi connectivity index (χ1v) is 9.23. The first-order valence-electron chi connectivity index (χ1n) is 9.23. The highest BCUT2D eigenvalue weighted by Gasteiger charge is 2.20. The zero-order valence-electron chi connectivity index (χ0n) is 17.0. The molecule has 2 N–H and O–H groups in total. The number of nitriles is 1. The summed E-state index contributed by atoms with van der Waals surface area (Å²) in [5.74, 6) is 0.910. The molecule has 27 heavy (non-hydrogen) atoms. The van der Waals surface area contributed by atoms with Crippen LogP contribution in [0.3, 0.4) is 0 Å². The summed E-state index contributed by atoms with van der Waals surface area (Å²) in [5.41, 5.74) is 10.2. The van der Waals surface area contributed by atoms with Crippen LogP contribution in [0.1, 0.15) is 43.3 Å². The normalized spacial score (nSPS) is 10.4. The standard InChI is InChI=1S/C17H22N8.C2H6/c1-5-13-11(2)21-25-15(19)14(10-18)16(20-17(13)25)23(3)8-6-12-7-9-24(4)22-12;1-2/h7,9H,5-6,8,19H2,1-4H3;1-2H3. The molecule has 3 heterocycles. The van der Waals surface area contributed by atoms with Crippen molar-refractivity contribution in [2.75, 3.05) is 24.2 Å². The van der Waals surface area contributed by atoms with Gasteiger partial charge in [-0.15, -0.1) is 0 Å². The number of aryl methyl sites for hydroxylation is 3. The van der Waals surface area contributed by atoms with Crippen LogP contribution >= 0.6 is 0 Å². The van der Waals surface area contributed by atoms with Crippen molar-refractivity contribution in [3.63, 3.8) is 0 Å². The van der Waals surface area contributed by atoms with Crippen molar-refractivity contribution in [3.05, 3.63) is 34.8 Å². The van der Waals surface area contributed by atoms with Gasteiger partial charge in [0.05, 0.1) is 11.4 Å². The molecular weight excluding hydrogens is 340 g/mol. The van der Waals surface area contributed by atoms with Crippen molar-refractivity contribution in [1.82, 2.24) is 24.4 Å². The van der Waals surface area contributed by atoms with Gasteiger partial charge in [0, 0.05) is 38.8 Å². The highest BCUT2D eigenvalue weighted by molar-refractivity contribution is 5.70. The number of aromatic nitrogens is 5. The van der Waals surface area contributed by atoms with Crippen LogP contribution in [0.5, 0.6) is 0 Å². The lowest BCUT2D eigenvalue weighted by Crippen LogP contribution is -2.24. The average Bonchev–Trinajstić information content (AvgIpc) is 3.23. The Balaban J connectivity index is 0.00000126. The van der Waals surface area contributed by atoms with Gasteiger partial charge in [-0.05, 0) is 19.4 Å². The van der Waals surface area contributed by atoms with Gasteiger partial charge in [0.25, 0.3) is 0 Å². The first-order chi connectivity index (χ1) is 13.0. The number of anilines is 2. The first kappa shape index (κ1) is 20.2. The maximum Gasteiger partial charge on any atom is 0.163 e. The fraction of sp³-hybridized carbons (Fsp3) is 0.474. The number of hydrogen-bond acceptors (Lipinski definition) is 6. The van der Waals surface area contributed by atoms with Crippen molar-refractivity contribution in [2.24, 2.45) is 7.05 Å². The van der Waals surface area contributed by atoms with Crippen LogP contribution in [0, 0.1) is 18.3 Å². The Morgan fingerprint density at radius 2 is 2.00 bits per heavy atom. The fourth-order valence-electron chi connectivity index (χ4n) is 2.99. The molecule has 0 aliphatic carbocycles. The highest BCUT2D eigenvalue weighted by Crippen LogP contribution is 2.26. The maximum absolute atomic E-state index is 9.58. The third kappa shape index (κ3) is 3.87. The number of likely N-dealkylation sites (N-methyl/N-ethyl adjacent to an activating group) is 1. The molecule has 3 aromatic rings. The van der Waals surface area contributed by atoms with Crippen LogP contribution in [0.2, 0.25) is 0 Å². The van der Waals surface area contributed by atoms with E-state index in [1.54, 1.807) is 9.20 Å². The van der Waals surface area contributed by atoms with Gasteiger partial charge in [-0.3, -0.25) is 4.68 Å². The minimum Gasteiger partial charge on any atom is -0.382 e. The lowest BCUT2D eigenvalue weighted by molar-refractivity contribution is 0.731. The van der Waals surface area contributed by atoms with Gasteiger partial charge < -0.3 is 10.6 Å². The van der Waals surface area contributed by atoms with Crippen molar-refractivity contribution < 1.29 is 0 Å². The van der Waals surface area contributed by atoms with Crippen molar-refractivity contribution >= 4 is 17.3 Å². The minimum atomic E-state index is 0.329. The second kappa shape index (κ2) is 8.54. The average molecular weight is 368 g/mol. The number of nitrogens with two attached hydrogens (primary N) is 1. The Morgan fingerprint density at radius 3 is 2.56 bits per heavy atom. The van der Waals surface area contributed by atoms with Crippen LogP contribution in [-0.2, 0) is 19.9 Å². The smallest absolute Gasteiger partial charge is 0.163 e. The van der Waals surface area contributed by atoms with Gasteiger partial charge in [-0.2, -0.15) is 20.0 Å². The second-order valence-electron chi connectivity index (χ2n) is 6.11. The highest BCUT2D eigenvalue weighted by atomic mass is 15.3. The van der Waals surface area contributed by atoms with Crippen LogP contribution in [0.4, 0.5) is 11.6 Å². The van der Waals surface area contributed by atoms with E-state index in [1.165, 1.54) is 0 Å². The predicted molar refractivity (Wildman–Crippen MR) is 108 cm³/mol. The Labute approximate surface area is 160 Å². The van der Waals surface area contributed by atoms with E-state index in [-0.39, 0.29) is 0 Å². The molecule has 144 valence electrons. The summed E-state index contributed by atoms with van der Waals surface area (Å²) in [6, 6.07) is 4.16. The molecule has 0 unspecified atom stereocenters. The topological polar surface area (TPSA) is 101 Å². The van der Waals surface area contributed by atoms with E-state index in [0.29, 0.717) is 23.7 Å². The predicted octanol–water partition coefficient (Wildman–Crippen LogP) is 2.49. The molecule has 0 aliphatic heterocycles. The molecule has 0 bridgehead atoms. The number of hydrogen-bond donors (Lipinski definition) is 1. The van der Waals surface area contributed by atoms with E-state index in [2.05, 4.69) is 23.2 Å². The van der Waals surface area contributed by atoms with Crippen molar-refractivity contribution in [2.45, 2.75) is 40.5 Å². The van der Waals surface area contributed by atoms with Crippen LogP contribution in [0.15, 0.2) is 12.3 Å². The molecule has 3 aromatic heterocycles. The SMILES string of the molecule is CC.CCc1c(C)nn2c(N)c(C#N)c(N(C)CCc3ccn(C)n3)nc12. The third-order valence-corrected chi connectivity index (χ3v) is 4.38. The molecule has 0 atom stereocenters. The molecule has 0 aliphatic rings. The lowest BCUT2D eigenvalue weighted by Gasteiger charge is -2.20. The van der Waals surface area contributed by atoms with E-state index in [4.69, 9.17) is 10.7 Å². The Bertz CT molecular complexity index is 960. The van der Waals surface area contributed by atoms with Gasteiger partial charge in [-0.1, -0.05) is 20.8 Å². The largest absolute Gasteiger partial charge is 0.382 e. The van der Waals surface area contributed by atoms with Gasteiger partial charge in [0.15, 0.2) is 11.5 Å². The zero-order valence-corrected chi connectivity index (χ0v) is 17.0. The maximum atomic E-state index is 9.58. The molecule has 0 saturated heterocycles. The van der Waals surface area contributed by atoms with E-state index in [0.717, 1.165) is 35.4 Å². The van der Waals surface area contributed by atoms with Crippen molar-refractivity contribution in [3.8, 4) is 6.07 Å². The molecular formula is C19H28N8. The van der Waals surface area contributed by atoms with Crippen LogP contribution < -0.4 is 10.6 Å². The fourth-order valence-corrected chi connectivity index (χ4v) is 2.99. The minimum absolute atomic E-state index is 0.329. The molecule has 0 saturated carbocycles. The van der Waals surface area contributed by atoms with Crippen LogP contribution in [-0.4, -0.2) is 38.0 Å². The molecule has 3 rings (SSSR count). The van der Waals surface area contributed by atoms with E-state index >= 15 is 0 Å². The number of rotatable bonds is 5. The molecule has 0 spiro atoms. The van der Waals surface area contributed by atoms with Gasteiger partial charge in [-0.25, -0.2) is 4.98 Å². The van der Waals surface area contributed by atoms with Gasteiger partial charge >= 0.3 is 0 Å². The third-order valence-electron chi connectivity index (χ3n) is 4.38. The Hall–Kier alpha value is -3.08. The number of nitrogen functional groups attached to an aromatic ring is 1. The number of nitrogens with zero attached hydrogens (tertiary/aromatic N) is 7. The van der Waals surface area contributed by atoms with Crippen molar-refractivity contribution in [1.29, 1.82) is 5.26 Å². The summed E-state index contributed by atoms with van der Waals surface area (Å²) in [6.45, 7) is 8.68. The van der Waals surface area contributed by atoms with Gasteiger partial charge in [0.2, 0.25) is 0 Å². The molecule has 0 aromatic carbocycles.